The molecule has 0 aliphatic carbocycles. The van der Waals surface area contributed by atoms with Gasteiger partial charge in [-0.05, 0) is 30.7 Å². The van der Waals surface area contributed by atoms with Gasteiger partial charge in [0, 0.05) is 11.6 Å². The fourth-order valence-electron chi connectivity index (χ4n) is 2.69. The van der Waals surface area contributed by atoms with Crippen molar-refractivity contribution in [2.75, 3.05) is 0 Å². The number of alkyl halides is 3. The predicted octanol–water partition coefficient (Wildman–Crippen LogP) is 3.23. The summed E-state index contributed by atoms with van der Waals surface area (Å²) in [7, 11) is -4.71. The second-order valence-corrected chi connectivity index (χ2v) is 7.53. The SMILES string of the molecule is Cc1ccc(-n2c(-c3cc(F)c(S(N)(=O)=O)c(F)c3)coc2=O)cc1OC(F)(F)F. The lowest BCUT2D eigenvalue weighted by Gasteiger charge is -2.14. The molecule has 0 radical (unpaired) electrons. The number of nitrogens with zero attached hydrogens (tertiary/aromatic N) is 1. The number of nitrogens with two attached hydrogens (primary N) is 1. The van der Waals surface area contributed by atoms with Crippen LogP contribution in [0.3, 0.4) is 0 Å². The Hall–Kier alpha value is -3.19. The minimum Gasteiger partial charge on any atom is -0.415 e. The first-order chi connectivity index (χ1) is 13.8. The number of aromatic nitrogens is 1. The van der Waals surface area contributed by atoms with Crippen molar-refractivity contribution >= 4 is 10.0 Å². The topological polar surface area (TPSA) is 105 Å². The van der Waals surface area contributed by atoms with Crippen molar-refractivity contribution in [1.82, 2.24) is 4.57 Å². The molecule has 0 aliphatic rings. The van der Waals surface area contributed by atoms with Gasteiger partial charge in [-0.2, -0.15) is 0 Å². The Labute approximate surface area is 165 Å². The van der Waals surface area contributed by atoms with Gasteiger partial charge in [0.25, 0.3) is 0 Å². The number of halogens is 5. The number of hydrogen-bond donors (Lipinski definition) is 1. The van der Waals surface area contributed by atoms with Crippen LogP contribution in [0.25, 0.3) is 16.9 Å². The van der Waals surface area contributed by atoms with Crippen LogP contribution < -0.4 is 15.6 Å². The van der Waals surface area contributed by atoms with Crippen LogP contribution in [0.2, 0.25) is 0 Å². The average molecular weight is 450 g/mol. The molecule has 3 rings (SSSR count). The normalized spacial score (nSPS) is 12.2. The van der Waals surface area contributed by atoms with Crippen molar-refractivity contribution in [3.63, 3.8) is 0 Å². The molecule has 0 amide bonds. The molecule has 0 bridgehead atoms. The van der Waals surface area contributed by atoms with Gasteiger partial charge in [0.15, 0.2) is 4.90 Å². The smallest absolute Gasteiger partial charge is 0.415 e. The molecule has 0 aliphatic heterocycles. The number of benzene rings is 2. The van der Waals surface area contributed by atoms with Crippen LogP contribution in [-0.2, 0) is 10.0 Å². The van der Waals surface area contributed by atoms with Gasteiger partial charge in [0.1, 0.15) is 23.6 Å². The number of aryl methyl sites for hydroxylation is 1. The Kier molecular flexibility index (Phi) is 5.20. The van der Waals surface area contributed by atoms with Crippen molar-refractivity contribution in [3.05, 3.63) is 64.3 Å². The van der Waals surface area contributed by atoms with Gasteiger partial charge >= 0.3 is 12.1 Å². The highest BCUT2D eigenvalue weighted by atomic mass is 32.2. The van der Waals surface area contributed by atoms with E-state index < -0.39 is 44.4 Å². The molecule has 30 heavy (non-hydrogen) atoms. The highest BCUT2D eigenvalue weighted by Crippen LogP contribution is 2.31. The van der Waals surface area contributed by atoms with E-state index in [1.807, 2.05) is 0 Å². The van der Waals surface area contributed by atoms with E-state index in [2.05, 4.69) is 4.74 Å². The Balaban J connectivity index is 2.19. The highest BCUT2D eigenvalue weighted by molar-refractivity contribution is 7.89. The van der Waals surface area contributed by atoms with Gasteiger partial charge in [0.05, 0.1) is 11.4 Å². The molecule has 7 nitrogen and oxygen atoms in total. The summed E-state index contributed by atoms with van der Waals surface area (Å²) in [6.45, 7) is 1.33. The highest BCUT2D eigenvalue weighted by Gasteiger charge is 2.32. The third-order valence-electron chi connectivity index (χ3n) is 3.93. The summed E-state index contributed by atoms with van der Waals surface area (Å²) in [5, 5.41) is 4.77. The maximum absolute atomic E-state index is 14.2. The van der Waals surface area contributed by atoms with E-state index in [1.165, 1.54) is 19.1 Å². The van der Waals surface area contributed by atoms with E-state index >= 15 is 0 Å². The van der Waals surface area contributed by atoms with Crippen LogP contribution in [-0.4, -0.2) is 19.3 Å². The lowest BCUT2D eigenvalue weighted by atomic mass is 10.1. The second-order valence-electron chi connectivity index (χ2n) is 6.03. The summed E-state index contributed by atoms with van der Waals surface area (Å²) in [6, 6.07) is 4.54. The molecule has 0 atom stereocenters. The van der Waals surface area contributed by atoms with E-state index in [1.54, 1.807) is 0 Å². The lowest BCUT2D eigenvalue weighted by Crippen LogP contribution is -2.19. The maximum atomic E-state index is 14.2. The van der Waals surface area contributed by atoms with E-state index in [0.29, 0.717) is 12.1 Å². The van der Waals surface area contributed by atoms with Crippen LogP contribution in [0, 0.1) is 18.6 Å². The molecule has 0 unspecified atom stereocenters. The first-order valence-corrected chi connectivity index (χ1v) is 9.42. The standard InChI is InChI=1S/C17H11F5N2O5S/c1-8-2-3-10(6-14(8)29-17(20,21)22)24-13(7-28-16(24)25)9-4-11(18)15(12(19)5-9)30(23,26)27/h2-7H,1H3,(H2,23,26,27). The molecule has 13 heteroatoms. The van der Waals surface area contributed by atoms with Crippen molar-refractivity contribution in [2.24, 2.45) is 5.14 Å². The minimum atomic E-state index is -5.00. The number of rotatable bonds is 4. The van der Waals surface area contributed by atoms with Crippen LogP contribution in [0.5, 0.6) is 5.75 Å². The summed E-state index contributed by atoms with van der Waals surface area (Å²) >= 11 is 0. The first-order valence-electron chi connectivity index (χ1n) is 7.87. The monoisotopic (exact) mass is 450 g/mol. The summed E-state index contributed by atoms with van der Waals surface area (Å²) < 4.78 is 98.1. The Morgan fingerprint density at radius 3 is 2.23 bits per heavy atom. The summed E-state index contributed by atoms with van der Waals surface area (Å²) in [6.07, 6.45) is -4.19. The van der Waals surface area contributed by atoms with E-state index in [9.17, 15) is 35.2 Å². The van der Waals surface area contributed by atoms with E-state index in [0.717, 1.165) is 16.9 Å². The quantitative estimate of drug-likeness (QED) is 0.615. The molecule has 0 saturated carbocycles. The van der Waals surface area contributed by atoms with Crippen molar-refractivity contribution in [1.29, 1.82) is 0 Å². The van der Waals surface area contributed by atoms with E-state index in [4.69, 9.17) is 9.56 Å². The van der Waals surface area contributed by atoms with Crippen LogP contribution in [0.15, 0.2) is 50.7 Å². The molecule has 2 aromatic carbocycles. The molecular formula is C17H11F5N2O5S. The Morgan fingerprint density at radius 1 is 1.10 bits per heavy atom. The number of sulfonamides is 1. The number of oxazole rings is 1. The van der Waals surface area contributed by atoms with Crippen molar-refractivity contribution in [2.45, 2.75) is 18.2 Å². The van der Waals surface area contributed by atoms with Gasteiger partial charge in [-0.25, -0.2) is 31.7 Å². The van der Waals surface area contributed by atoms with Gasteiger partial charge < -0.3 is 9.15 Å². The number of ether oxygens (including phenoxy) is 1. The molecule has 1 heterocycles. The van der Waals surface area contributed by atoms with Crippen molar-refractivity contribution < 1.29 is 39.5 Å². The van der Waals surface area contributed by atoms with E-state index in [-0.39, 0.29) is 22.5 Å². The van der Waals surface area contributed by atoms with Gasteiger partial charge in [-0.3, -0.25) is 0 Å². The fraction of sp³-hybridized carbons (Fsp3) is 0.118. The zero-order valence-corrected chi connectivity index (χ0v) is 15.6. The lowest BCUT2D eigenvalue weighted by molar-refractivity contribution is -0.274. The van der Waals surface area contributed by atoms with Crippen molar-refractivity contribution in [3.8, 4) is 22.7 Å². The maximum Gasteiger partial charge on any atom is 0.573 e. The molecule has 160 valence electrons. The predicted molar refractivity (Wildman–Crippen MR) is 92.5 cm³/mol. The second kappa shape index (κ2) is 7.25. The molecule has 0 fully saturated rings. The van der Waals surface area contributed by atoms with Gasteiger partial charge in [-0.15, -0.1) is 13.2 Å². The Bertz CT molecular complexity index is 1270. The summed E-state index contributed by atoms with van der Waals surface area (Å²) in [4.78, 5) is 10.7. The first kappa shape index (κ1) is 21.5. The van der Waals surface area contributed by atoms with Crippen LogP contribution >= 0.6 is 0 Å². The average Bonchev–Trinajstić information content (AvgIpc) is 2.95. The van der Waals surface area contributed by atoms with Crippen LogP contribution in [0.4, 0.5) is 22.0 Å². The zero-order valence-electron chi connectivity index (χ0n) is 14.8. The molecular weight excluding hydrogens is 439 g/mol. The Morgan fingerprint density at radius 2 is 1.70 bits per heavy atom. The number of primary sulfonamides is 1. The third-order valence-corrected chi connectivity index (χ3v) is 4.89. The molecule has 0 saturated heterocycles. The van der Waals surface area contributed by atoms with Gasteiger partial charge in [-0.1, -0.05) is 6.07 Å². The molecule has 1 aromatic heterocycles. The minimum absolute atomic E-state index is 0.101. The summed E-state index contributed by atoms with van der Waals surface area (Å²) in [5.41, 5.74) is -0.656. The van der Waals surface area contributed by atoms with Crippen LogP contribution in [0.1, 0.15) is 5.56 Å². The largest absolute Gasteiger partial charge is 0.573 e. The molecule has 3 aromatic rings. The number of hydrogen-bond acceptors (Lipinski definition) is 5. The zero-order chi connectivity index (χ0) is 22.4. The molecule has 2 N–H and O–H groups in total. The fourth-order valence-corrected chi connectivity index (χ4v) is 3.36. The molecule has 0 spiro atoms. The third kappa shape index (κ3) is 4.21. The summed E-state index contributed by atoms with van der Waals surface area (Å²) in [5.74, 6) is -4.75. The van der Waals surface area contributed by atoms with Gasteiger partial charge in [0.2, 0.25) is 10.0 Å².